The number of pyridine rings is 1. The number of cyclic esters (lactones) is 1. The molecular weight excluding hydrogens is 1510 g/mol. The van der Waals surface area contributed by atoms with Crippen LogP contribution in [0.2, 0.25) is 0 Å². The van der Waals surface area contributed by atoms with Crippen molar-refractivity contribution < 1.29 is 83.0 Å². The fourth-order valence-corrected chi connectivity index (χ4v) is 16.8. The molecule has 109 heavy (non-hydrogen) atoms. The van der Waals surface area contributed by atoms with E-state index in [1.165, 1.54) is 87.5 Å². The summed E-state index contributed by atoms with van der Waals surface area (Å²) in [6.45, 7) is 21.6. The number of hydrogen-bond donors (Lipinski definition) is 17. The highest BCUT2D eigenvalue weighted by atomic mass is 32.1. The molecule has 1 saturated heterocycles. The highest BCUT2D eigenvalue weighted by Crippen LogP contribution is 2.48. The fourth-order valence-electron chi connectivity index (χ4n) is 12.1. The zero-order valence-electron chi connectivity index (χ0n) is 60.3. The van der Waals surface area contributed by atoms with Crippen LogP contribution in [0.25, 0.3) is 11.8 Å². The molecule has 1 aliphatic carbocycles. The number of piperidine rings is 1. The number of aliphatic hydroxyl groups is 5. The first-order valence-electron chi connectivity index (χ1n) is 34.3. The molecule has 17 atom stereocenters. The summed E-state index contributed by atoms with van der Waals surface area (Å²) < 4.78 is 6.26. The number of carbonyl (C=O) groups excluding carboxylic acids is 11. The van der Waals surface area contributed by atoms with Crippen LogP contribution in [0, 0.1) is 5.92 Å². The summed E-state index contributed by atoms with van der Waals surface area (Å²) in [4.78, 5) is 185. The quantitative estimate of drug-likeness (QED) is 0.0685. The number of esters is 1. The lowest BCUT2D eigenvalue weighted by Crippen LogP contribution is -2.61. The molecule has 1 fully saturated rings. The Balaban J connectivity index is 1.17. The molecule has 0 radical (unpaired) electrons. The average molecular weight is 1600 g/mol. The molecule has 3 aliphatic heterocycles. The van der Waals surface area contributed by atoms with Crippen LogP contribution in [0.4, 0.5) is 0 Å². The van der Waals surface area contributed by atoms with Gasteiger partial charge >= 0.3 is 5.97 Å². The molecule has 3 unspecified atom stereocenters. The maximum Gasteiger partial charge on any atom is 0.357 e. The number of ether oxygens (including phenoxy) is 1. The van der Waals surface area contributed by atoms with E-state index in [-0.39, 0.29) is 88.9 Å². The summed E-state index contributed by atoms with van der Waals surface area (Å²) >= 11 is 4.47. The first kappa shape index (κ1) is 81.7. The molecule has 35 nitrogen and oxygen atoms in total. The molecule has 580 valence electrons. The molecule has 0 saturated carbocycles. The van der Waals surface area contributed by atoms with Gasteiger partial charge in [-0.1, -0.05) is 51.7 Å². The van der Waals surface area contributed by atoms with Crippen molar-refractivity contribution in [2.75, 3.05) is 0 Å². The van der Waals surface area contributed by atoms with Gasteiger partial charge in [-0.3, -0.25) is 58.6 Å². The van der Waals surface area contributed by atoms with Crippen molar-refractivity contribution in [2.45, 2.75) is 185 Å². The molecular formula is C69H82N18O17S5. The minimum atomic E-state index is -2.22. The van der Waals surface area contributed by atoms with Crippen LogP contribution >= 0.6 is 56.7 Å². The highest BCUT2D eigenvalue weighted by molar-refractivity contribution is 7.11. The summed E-state index contributed by atoms with van der Waals surface area (Å²) in [5.41, 5.74) is -0.981. The van der Waals surface area contributed by atoms with E-state index in [9.17, 15) is 63.9 Å². The monoisotopic (exact) mass is 1590 g/mol. The zero-order valence-corrected chi connectivity index (χ0v) is 64.4. The predicted octanol–water partition coefficient (Wildman–Crippen LogP) is 1.70. The lowest BCUT2D eigenvalue weighted by atomic mass is 9.78. The number of aromatic nitrogens is 6. The van der Waals surface area contributed by atoms with Crippen LogP contribution in [0.15, 0.2) is 69.7 Å². The number of nitrogens with one attached hydrogen (secondary N) is 11. The second-order valence-corrected chi connectivity index (χ2v) is 31.2. The van der Waals surface area contributed by atoms with Crippen LogP contribution in [0.1, 0.15) is 225 Å². The van der Waals surface area contributed by atoms with E-state index in [0.717, 1.165) is 56.7 Å². The molecule has 0 spiro atoms. The maximum absolute atomic E-state index is 15.3. The third-order valence-electron chi connectivity index (χ3n) is 19.0. The Morgan fingerprint density at radius 3 is 2.07 bits per heavy atom. The number of thiazole rings is 5. The number of allylic oxidation sites excluding steroid dienone is 1. The van der Waals surface area contributed by atoms with Gasteiger partial charge in [0.25, 0.3) is 35.4 Å². The molecule has 18 N–H and O–H groups in total. The maximum atomic E-state index is 15.3. The van der Waals surface area contributed by atoms with E-state index in [4.69, 9.17) is 20.4 Å². The lowest BCUT2D eigenvalue weighted by Gasteiger charge is -2.46. The lowest BCUT2D eigenvalue weighted by molar-refractivity contribution is -0.131. The van der Waals surface area contributed by atoms with Gasteiger partial charge in [0.1, 0.15) is 107 Å². The molecule has 4 aliphatic rings. The van der Waals surface area contributed by atoms with E-state index >= 15 is 14.4 Å². The highest BCUT2D eigenvalue weighted by Gasteiger charge is 2.52. The minimum absolute atomic E-state index is 0.00200. The number of nitrogens with zero attached hydrogens (tertiary/aromatic N) is 6. The molecule has 10 amide bonds. The van der Waals surface area contributed by atoms with Gasteiger partial charge in [-0.15, -0.1) is 56.7 Å². The third kappa shape index (κ3) is 17.6. The van der Waals surface area contributed by atoms with Crippen molar-refractivity contribution in [3.8, 4) is 0 Å². The topological polar surface area (TPSA) is 534 Å². The SMILES string of the molecule is C=C(NC(=O)c1csc(C2CCC34NC(=O)[C@H](C)NC(=O)C(=C)NC(=O)[C@H](C)NC(=O)[C@H]([C@@H](C)CC)NC5C=Cc6c([C@H](C)O)cc(nc6[C@H]5O)C(=O)O[C@H](C)[C@H](NC(=O)c5csc(n5)[C@H]([C@](C)(O)[C@@H](C)O)NC(=O)c5csc(n5)/C(=C/C)NC(=O)[C@H]([C@@H](C)O)NC(=O)c5csc3n5)c3nc(cs3)[C@H]4N2)n1)C(N)=O. The van der Waals surface area contributed by atoms with Gasteiger partial charge in [-0.25, -0.2) is 34.7 Å². The zero-order chi connectivity index (χ0) is 79.6. The number of aliphatic hydroxyl groups excluding tert-OH is 4. The Hall–Kier alpha value is -9.85. The predicted molar refractivity (Wildman–Crippen MR) is 398 cm³/mol. The van der Waals surface area contributed by atoms with Crippen LogP contribution in [-0.2, 0) is 39.0 Å². The number of rotatable bonds is 10. The van der Waals surface area contributed by atoms with Crippen molar-refractivity contribution in [2.24, 2.45) is 11.7 Å². The number of carbonyl (C=O) groups is 11. The van der Waals surface area contributed by atoms with Gasteiger partial charge in [0.15, 0.2) is 0 Å². The van der Waals surface area contributed by atoms with Crippen molar-refractivity contribution in [1.82, 2.24) is 88.4 Å². The number of hydrogen-bond acceptors (Lipinski definition) is 30. The van der Waals surface area contributed by atoms with E-state index in [1.54, 1.807) is 26.0 Å². The van der Waals surface area contributed by atoms with Gasteiger partial charge in [0, 0.05) is 32.5 Å². The number of primary amides is 1. The summed E-state index contributed by atoms with van der Waals surface area (Å²) in [5.74, 6) is -10.9. The van der Waals surface area contributed by atoms with Gasteiger partial charge in [-0.05, 0) is 85.8 Å². The van der Waals surface area contributed by atoms with Gasteiger partial charge in [0.05, 0.1) is 71.0 Å². The molecule has 0 aromatic carbocycles. The number of fused-ring (bicyclic) bond motifs is 8. The van der Waals surface area contributed by atoms with Gasteiger partial charge in [-0.2, -0.15) is 0 Å². The summed E-state index contributed by atoms with van der Waals surface area (Å²) in [5, 5.41) is 95.3. The van der Waals surface area contributed by atoms with E-state index in [1.807, 2.05) is 6.92 Å². The number of amides is 10. The minimum Gasteiger partial charge on any atom is -0.455 e. The Kier molecular flexibility index (Phi) is 25.1. The van der Waals surface area contributed by atoms with Crippen molar-refractivity contribution >= 4 is 133 Å². The molecule has 10 rings (SSSR count). The first-order valence-corrected chi connectivity index (χ1v) is 38.7. The number of nitrogens with two attached hydrogens (primary N) is 1. The molecule has 40 heteroatoms. The van der Waals surface area contributed by atoms with Crippen molar-refractivity contribution in [1.29, 1.82) is 0 Å². The summed E-state index contributed by atoms with van der Waals surface area (Å²) in [7, 11) is 0. The van der Waals surface area contributed by atoms with E-state index in [0.29, 0.717) is 6.42 Å². The molecule has 6 aromatic heterocycles. The second-order valence-electron chi connectivity index (χ2n) is 26.9. The third-order valence-corrected chi connectivity index (χ3v) is 23.7. The summed E-state index contributed by atoms with van der Waals surface area (Å²) in [6, 6.07) is -10.9. The van der Waals surface area contributed by atoms with E-state index < -0.39 is 184 Å². The van der Waals surface area contributed by atoms with Gasteiger partial charge in [0.2, 0.25) is 23.6 Å². The van der Waals surface area contributed by atoms with Crippen LogP contribution in [-0.4, -0.2) is 175 Å². The smallest absolute Gasteiger partial charge is 0.357 e. The molecule has 6 aromatic rings. The largest absolute Gasteiger partial charge is 0.455 e. The normalized spacial score (nSPS) is 27.0. The van der Waals surface area contributed by atoms with Crippen LogP contribution in [0.3, 0.4) is 0 Å². The van der Waals surface area contributed by atoms with Crippen LogP contribution in [0.5, 0.6) is 0 Å². The molecule has 9 heterocycles. The molecule has 13 bridgehead atoms. The average Bonchev–Trinajstić information content (AvgIpc) is 1.68. The Bertz CT molecular complexity index is 4670. The second kappa shape index (κ2) is 33.6. The van der Waals surface area contributed by atoms with Gasteiger partial charge < -0.3 is 83.9 Å². The summed E-state index contributed by atoms with van der Waals surface area (Å²) in [6.07, 6.45) is -2.81. The fraction of sp³-hybridized carbons (Fsp3) is 0.435. The Morgan fingerprint density at radius 2 is 1.39 bits per heavy atom. The first-order chi connectivity index (χ1) is 51.4. The standard InChI is InChI=1S/C69H82N18O17S5/c1-13-25(3)45-60(100)74-28(6)54(94)72-27(5)53(93)73-29(7)55(95)87-69-18-17-38(63-81-41(21-106-63)56(96)71-26(4)52(70)92)77-50(69)40-20-107-64(79-40)47(32(10)104-66(102)39-19-35(30(8)88)34-15-16-37(75-45)49(91)48(34)76-39)85-57(97)42-23-108-65(82-42)51(68(12,103)33(11)90)86-59(99)43-22-105-62(80-43)36(14-2)78-61(101)46(31(9)89)84-58(98)44-24-109-67(69)83-44/h14-16,19-25,28-33,37-38,45-47,49-51,75,77,88-91,103H,4-5,13,17-18H2,1-3,6-12H3,(H2,70,92)(H,71,96)(H,72,94)(H,73,93)(H,74,100)(H,78,101)(H,84,98)(H,85,97)(H,86,99)(H,87,95)/b36-14-/t25-,28-,29-,30-,31+,32+,33+,37?,38?,45-,46-,47-,49-,50+,51+,68+,69?/m0/s1. The van der Waals surface area contributed by atoms with Crippen molar-refractivity contribution in [3.63, 3.8) is 0 Å². The van der Waals surface area contributed by atoms with E-state index in [2.05, 4.69) is 91.6 Å². The Labute approximate surface area is 643 Å². The Morgan fingerprint density at radius 1 is 0.743 bits per heavy atom. The van der Waals surface area contributed by atoms with Crippen LogP contribution < -0.4 is 64.2 Å². The van der Waals surface area contributed by atoms with Crippen molar-refractivity contribution in [3.05, 3.63) is 146 Å².